The van der Waals surface area contributed by atoms with Gasteiger partial charge in [0.15, 0.2) is 8.24 Å². The van der Waals surface area contributed by atoms with Crippen LogP contribution in [0.2, 0.25) is 16.6 Å². The Morgan fingerprint density at radius 3 is 1.60 bits per heavy atom. The minimum Gasteiger partial charge on any atom is -0.416 e. The molecule has 0 saturated heterocycles. The van der Waals surface area contributed by atoms with Gasteiger partial charge < -0.3 is 4.98 Å². The lowest BCUT2D eigenvalue weighted by molar-refractivity contribution is 0.779. The fraction of sp³-hybridized carbons (Fsp3) is 0.846. The first kappa shape index (κ1) is 14.8. The van der Waals surface area contributed by atoms with Gasteiger partial charge in [-0.05, 0) is 29.2 Å². The molecule has 0 aromatic rings. The molecule has 1 N–H and O–H groups in total. The van der Waals surface area contributed by atoms with Crippen molar-refractivity contribution >= 4 is 8.24 Å². The summed E-state index contributed by atoms with van der Waals surface area (Å²) in [4.78, 5) is 3.79. The van der Waals surface area contributed by atoms with Crippen LogP contribution in [0.1, 0.15) is 54.9 Å². The fourth-order valence-electron chi connectivity index (χ4n) is 2.82. The minimum absolute atomic E-state index is 0.777. The Kier molecular flexibility index (Phi) is 6.26. The summed E-state index contributed by atoms with van der Waals surface area (Å²) in [5.41, 5.74) is 2.33. The van der Waals surface area contributed by atoms with Crippen molar-refractivity contribution in [2.45, 2.75) is 71.5 Å². The molecule has 15 heavy (non-hydrogen) atoms. The van der Waals surface area contributed by atoms with E-state index in [0.29, 0.717) is 0 Å². The molecular weight excluding hydrogens is 198 g/mol. The number of hydrogen-bond donors (Lipinski definition) is 1. The van der Waals surface area contributed by atoms with E-state index in [-0.39, 0.29) is 0 Å². The molecule has 0 saturated carbocycles. The average molecular weight is 227 g/mol. The van der Waals surface area contributed by atoms with Crippen LogP contribution in [-0.2, 0) is 0 Å². The van der Waals surface area contributed by atoms with Gasteiger partial charge in [0.2, 0.25) is 0 Å². The van der Waals surface area contributed by atoms with E-state index in [2.05, 4.69) is 65.7 Å². The average Bonchev–Trinajstić information content (AvgIpc) is 2.10. The Labute approximate surface area is 97.4 Å². The van der Waals surface area contributed by atoms with Crippen LogP contribution in [0.4, 0.5) is 0 Å². The molecule has 0 fully saturated rings. The first-order chi connectivity index (χ1) is 6.89. The van der Waals surface area contributed by atoms with Crippen molar-refractivity contribution in [1.29, 1.82) is 0 Å². The largest absolute Gasteiger partial charge is 0.416 e. The molecule has 0 aliphatic heterocycles. The molecule has 0 aromatic carbocycles. The molecule has 0 heterocycles. The maximum Gasteiger partial charge on any atom is 0.160 e. The Morgan fingerprint density at radius 2 is 1.33 bits per heavy atom. The zero-order chi connectivity index (χ0) is 12.1. The molecule has 0 unspecified atom stereocenters. The van der Waals surface area contributed by atoms with Crippen LogP contribution in [-0.4, -0.2) is 8.24 Å². The summed E-state index contributed by atoms with van der Waals surface area (Å²) < 4.78 is 0. The molecule has 90 valence electrons. The summed E-state index contributed by atoms with van der Waals surface area (Å²) >= 11 is 0. The van der Waals surface area contributed by atoms with Gasteiger partial charge in [-0.15, -0.1) is 0 Å². The lowest BCUT2D eigenvalue weighted by atomic mass is 10.5. The highest BCUT2D eigenvalue weighted by molar-refractivity contribution is 6.81. The highest BCUT2D eigenvalue weighted by atomic mass is 28.3. The maximum atomic E-state index is 3.79. The summed E-state index contributed by atoms with van der Waals surface area (Å²) in [5.74, 6) is 0. The lowest BCUT2D eigenvalue weighted by Gasteiger charge is -2.43. The first-order valence-corrected chi connectivity index (χ1v) is 8.55. The molecule has 0 aliphatic carbocycles. The highest BCUT2D eigenvalue weighted by Gasteiger charge is 2.42. The number of rotatable bonds is 6. The second kappa shape index (κ2) is 6.36. The van der Waals surface area contributed by atoms with E-state index in [9.17, 15) is 0 Å². The van der Waals surface area contributed by atoms with Crippen molar-refractivity contribution in [3.63, 3.8) is 0 Å². The van der Waals surface area contributed by atoms with Gasteiger partial charge in [-0.3, -0.25) is 0 Å². The van der Waals surface area contributed by atoms with Crippen LogP contribution in [0.25, 0.3) is 0 Å². The van der Waals surface area contributed by atoms with Gasteiger partial charge in [0.05, 0.1) is 0 Å². The van der Waals surface area contributed by atoms with E-state index in [1.165, 1.54) is 0 Å². The van der Waals surface area contributed by atoms with Crippen LogP contribution in [0, 0.1) is 0 Å². The third-order valence-electron chi connectivity index (χ3n) is 3.55. The number of allylic oxidation sites excluding steroid dienone is 1. The van der Waals surface area contributed by atoms with Crippen molar-refractivity contribution < 1.29 is 0 Å². The summed E-state index contributed by atoms with van der Waals surface area (Å²) in [6.07, 6.45) is 5.55. The second-order valence-corrected chi connectivity index (χ2v) is 11.0. The zero-order valence-corrected chi connectivity index (χ0v) is 12.6. The molecule has 2 heteroatoms. The van der Waals surface area contributed by atoms with Crippen molar-refractivity contribution in [3.05, 3.63) is 12.3 Å². The molecule has 0 radical (unpaired) electrons. The summed E-state index contributed by atoms with van der Waals surface area (Å²) in [6, 6.07) is 0. The van der Waals surface area contributed by atoms with E-state index < -0.39 is 8.24 Å². The van der Waals surface area contributed by atoms with Gasteiger partial charge in [0.25, 0.3) is 0 Å². The first-order valence-electron chi connectivity index (χ1n) is 6.32. The van der Waals surface area contributed by atoms with E-state index in [1.54, 1.807) is 0 Å². The van der Waals surface area contributed by atoms with Crippen LogP contribution in [0.3, 0.4) is 0 Å². The Bertz CT molecular complexity index is 173. The van der Waals surface area contributed by atoms with Crippen molar-refractivity contribution in [2.75, 3.05) is 0 Å². The highest BCUT2D eigenvalue weighted by Crippen LogP contribution is 2.38. The summed E-state index contributed by atoms with van der Waals surface area (Å²) in [5, 5.41) is 0. The Balaban J connectivity index is 4.88. The standard InChI is InChI=1S/C13H29NSi/c1-8-9-10-14-15(11(2)3,12(4)5)13(6)7/h9-14H,8H2,1-7H3. The molecule has 0 aliphatic rings. The third kappa shape index (κ3) is 3.37. The van der Waals surface area contributed by atoms with Crippen molar-refractivity contribution in [1.82, 2.24) is 4.98 Å². The van der Waals surface area contributed by atoms with Crippen LogP contribution >= 0.6 is 0 Å². The van der Waals surface area contributed by atoms with E-state index in [4.69, 9.17) is 0 Å². The third-order valence-corrected chi connectivity index (χ3v) is 9.95. The summed E-state index contributed by atoms with van der Waals surface area (Å²) in [7, 11) is -1.40. The minimum atomic E-state index is -1.40. The fourth-order valence-corrected chi connectivity index (χ4v) is 8.23. The molecule has 0 amide bonds. The second-order valence-electron chi connectivity index (χ2n) is 5.35. The molecule has 0 spiro atoms. The van der Waals surface area contributed by atoms with Crippen LogP contribution < -0.4 is 4.98 Å². The smallest absolute Gasteiger partial charge is 0.160 e. The summed E-state index contributed by atoms with van der Waals surface area (Å²) in [6.45, 7) is 16.4. The topological polar surface area (TPSA) is 12.0 Å². The normalized spacial score (nSPS) is 13.5. The number of hydrogen-bond acceptors (Lipinski definition) is 1. The van der Waals surface area contributed by atoms with Gasteiger partial charge in [-0.25, -0.2) is 0 Å². The van der Waals surface area contributed by atoms with Gasteiger partial charge in [-0.1, -0.05) is 54.5 Å². The Morgan fingerprint density at radius 1 is 0.933 bits per heavy atom. The van der Waals surface area contributed by atoms with Crippen LogP contribution in [0.15, 0.2) is 12.3 Å². The SMILES string of the molecule is CCC=CN[Si](C(C)C)(C(C)C)C(C)C. The molecule has 0 aromatic heterocycles. The maximum absolute atomic E-state index is 3.79. The predicted molar refractivity (Wildman–Crippen MR) is 73.6 cm³/mol. The molecule has 1 nitrogen and oxygen atoms in total. The van der Waals surface area contributed by atoms with Gasteiger partial charge in [0, 0.05) is 0 Å². The van der Waals surface area contributed by atoms with E-state index in [1.807, 2.05) is 0 Å². The predicted octanol–water partition coefficient (Wildman–Crippen LogP) is 4.68. The zero-order valence-electron chi connectivity index (χ0n) is 11.6. The molecule has 0 atom stereocenters. The Hall–Kier alpha value is -0.243. The molecule has 0 rings (SSSR count). The van der Waals surface area contributed by atoms with Gasteiger partial charge in [-0.2, -0.15) is 0 Å². The number of nitrogens with one attached hydrogen (secondary N) is 1. The van der Waals surface area contributed by atoms with E-state index in [0.717, 1.165) is 23.0 Å². The van der Waals surface area contributed by atoms with Crippen LogP contribution in [0.5, 0.6) is 0 Å². The van der Waals surface area contributed by atoms with E-state index >= 15 is 0 Å². The lowest BCUT2D eigenvalue weighted by Crippen LogP contribution is -2.55. The van der Waals surface area contributed by atoms with Crippen molar-refractivity contribution in [3.8, 4) is 0 Å². The van der Waals surface area contributed by atoms with Crippen molar-refractivity contribution in [2.24, 2.45) is 0 Å². The quantitative estimate of drug-likeness (QED) is 0.650. The van der Waals surface area contributed by atoms with Gasteiger partial charge in [0.1, 0.15) is 0 Å². The molecular formula is C13H29NSi. The van der Waals surface area contributed by atoms with Gasteiger partial charge >= 0.3 is 0 Å². The molecule has 0 bridgehead atoms. The monoisotopic (exact) mass is 227 g/mol.